The summed E-state index contributed by atoms with van der Waals surface area (Å²) in [5.74, 6) is -3.53. The van der Waals surface area contributed by atoms with E-state index < -0.39 is 42.0 Å². The number of allylic oxidation sites excluding steroid dienone is 2. The van der Waals surface area contributed by atoms with Gasteiger partial charge in [-0.25, -0.2) is 8.78 Å². The van der Waals surface area contributed by atoms with Gasteiger partial charge in [0.1, 0.15) is 5.69 Å². The van der Waals surface area contributed by atoms with Crippen molar-refractivity contribution in [2.24, 2.45) is 0 Å². The number of carbonyl (C=O) groups excluding carboxylic acids is 1. The molecule has 1 aliphatic rings. The van der Waals surface area contributed by atoms with Crippen LogP contribution in [0, 0.1) is 11.3 Å². The predicted octanol–water partition coefficient (Wildman–Crippen LogP) is 4.86. The van der Waals surface area contributed by atoms with Gasteiger partial charge in [0.15, 0.2) is 0 Å². The molecule has 0 bridgehead atoms. The Bertz CT molecular complexity index is 885. The molecular weight excluding hydrogens is 405 g/mol. The Hall–Kier alpha value is -3.02. The van der Waals surface area contributed by atoms with Crippen LogP contribution in [0.1, 0.15) is 36.9 Å². The first-order valence-corrected chi connectivity index (χ1v) is 9.06. The van der Waals surface area contributed by atoms with Crippen LogP contribution in [0.15, 0.2) is 54.8 Å². The number of halogens is 5. The molecule has 30 heavy (non-hydrogen) atoms. The maximum absolute atomic E-state index is 13.7. The second-order valence-electron chi connectivity index (χ2n) is 7.16. The van der Waals surface area contributed by atoms with E-state index in [0.29, 0.717) is 5.56 Å². The van der Waals surface area contributed by atoms with Gasteiger partial charge in [0.05, 0.1) is 17.2 Å². The number of nitrogens with one attached hydrogen (secondary N) is 1. The van der Waals surface area contributed by atoms with Gasteiger partial charge >= 0.3 is 6.18 Å². The molecule has 0 unspecified atom stereocenters. The number of nitriles is 1. The van der Waals surface area contributed by atoms with Crippen LogP contribution in [0.4, 0.5) is 22.0 Å². The molecule has 1 saturated carbocycles. The highest BCUT2D eigenvalue weighted by Crippen LogP contribution is 2.45. The highest BCUT2D eigenvalue weighted by atomic mass is 19.4. The van der Waals surface area contributed by atoms with Crippen molar-refractivity contribution in [2.75, 3.05) is 6.54 Å². The Labute approximate surface area is 170 Å². The molecule has 160 valence electrons. The van der Waals surface area contributed by atoms with Crippen molar-refractivity contribution in [1.82, 2.24) is 10.3 Å². The number of hydrogen-bond donors (Lipinski definition) is 1. The molecule has 1 aromatic heterocycles. The second kappa shape index (κ2) is 8.78. The van der Waals surface area contributed by atoms with Crippen LogP contribution in [0.5, 0.6) is 0 Å². The van der Waals surface area contributed by atoms with Crippen LogP contribution >= 0.6 is 0 Å². The number of amides is 1. The Balaban J connectivity index is 2.31. The van der Waals surface area contributed by atoms with Gasteiger partial charge < -0.3 is 5.32 Å². The number of rotatable bonds is 6. The molecule has 1 aromatic rings. The molecular formula is C21H20F5N3O. The summed E-state index contributed by atoms with van der Waals surface area (Å²) in [6, 6.07) is 3.76. The Morgan fingerprint density at radius 3 is 2.37 bits per heavy atom. The molecule has 0 atom stereocenters. The van der Waals surface area contributed by atoms with Gasteiger partial charge in [0.25, 0.3) is 5.91 Å². The number of hydrogen-bond acceptors (Lipinski definition) is 3. The van der Waals surface area contributed by atoms with Crippen LogP contribution in [0.2, 0.25) is 0 Å². The highest BCUT2D eigenvalue weighted by Gasteiger charge is 2.45. The lowest BCUT2D eigenvalue weighted by Crippen LogP contribution is -2.46. The van der Waals surface area contributed by atoms with E-state index in [-0.39, 0.29) is 30.5 Å². The summed E-state index contributed by atoms with van der Waals surface area (Å²) in [6.07, 6.45) is -2.04. The molecule has 1 fully saturated rings. The molecule has 0 spiro atoms. The van der Waals surface area contributed by atoms with Gasteiger partial charge in [0, 0.05) is 31.0 Å². The van der Waals surface area contributed by atoms with Crippen molar-refractivity contribution in [3.8, 4) is 6.07 Å². The standard InChI is InChI=1S/C21H20F5N3O/c1-3-4-16(14(2)11-27)18(30)29-13-19(7-9-20(22,23)10-8-19)15-5-6-17(28-12-15)21(24,25)26/h3-6,12H,1-2,7-10,13H2,(H,29,30)/b16-4+. The van der Waals surface area contributed by atoms with Crippen molar-refractivity contribution in [3.63, 3.8) is 0 Å². The van der Waals surface area contributed by atoms with Crippen LogP contribution < -0.4 is 5.32 Å². The average molecular weight is 425 g/mol. The Morgan fingerprint density at radius 2 is 1.90 bits per heavy atom. The third kappa shape index (κ3) is 5.32. The highest BCUT2D eigenvalue weighted by molar-refractivity contribution is 5.99. The molecule has 0 aliphatic heterocycles. The van der Waals surface area contributed by atoms with Gasteiger partial charge in [-0.2, -0.15) is 18.4 Å². The van der Waals surface area contributed by atoms with E-state index in [4.69, 9.17) is 5.26 Å². The molecule has 0 saturated heterocycles. The fourth-order valence-electron chi connectivity index (χ4n) is 3.37. The van der Waals surface area contributed by atoms with Gasteiger partial charge in [-0.1, -0.05) is 25.3 Å². The van der Waals surface area contributed by atoms with Crippen molar-refractivity contribution in [3.05, 3.63) is 66.0 Å². The van der Waals surface area contributed by atoms with E-state index in [1.807, 2.05) is 0 Å². The van der Waals surface area contributed by atoms with Crippen molar-refractivity contribution in [1.29, 1.82) is 5.26 Å². The maximum Gasteiger partial charge on any atom is 0.433 e. The van der Waals surface area contributed by atoms with Gasteiger partial charge in [0.2, 0.25) is 5.92 Å². The smallest absolute Gasteiger partial charge is 0.351 e. The average Bonchev–Trinajstić information content (AvgIpc) is 2.70. The van der Waals surface area contributed by atoms with E-state index in [2.05, 4.69) is 23.5 Å². The zero-order chi connectivity index (χ0) is 22.6. The molecule has 0 radical (unpaired) electrons. The lowest BCUT2D eigenvalue weighted by molar-refractivity contribution is -0.141. The summed E-state index contributed by atoms with van der Waals surface area (Å²) in [4.78, 5) is 15.9. The quantitative estimate of drug-likeness (QED) is 0.307. The van der Waals surface area contributed by atoms with Gasteiger partial charge in [-0.3, -0.25) is 9.78 Å². The molecule has 1 amide bonds. The summed E-state index contributed by atoms with van der Waals surface area (Å²) in [7, 11) is 0. The first kappa shape index (κ1) is 23.3. The minimum absolute atomic E-state index is 0.0330. The minimum Gasteiger partial charge on any atom is -0.351 e. The lowest BCUT2D eigenvalue weighted by atomic mass is 9.68. The number of nitrogens with zero attached hydrogens (tertiary/aromatic N) is 2. The van der Waals surface area contributed by atoms with E-state index in [0.717, 1.165) is 12.3 Å². The van der Waals surface area contributed by atoms with Crippen molar-refractivity contribution >= 4 is 5.91 Å². The van der Waals surface area contributed by atoms with Crippen molar-refractivity contribution in [2.45, 2.75) is 43.2 Å². The van der Waals surface area contributed by atoms with E-state index >= 15 is 0 Å². The molecule has 1 aliphatic carbocycles. The summed E-state index contributed by atoms with van der Waals surface area (Å²) in [5, 5.41) is 11.6. The monoisotopic (exact) mass is 425 g/mol. The number of alkyl halides is 5. The second-order valence-corrected chi connectivity index (χ2v) is 7.16. The van der Waals surface area contributed by atoms with Crippen LogP contribution in [-0.4, -0.2) is 23.4 Å². The zero-order valence-electron chi connectivity index (χ0n) is 16.0. The Kier molecular flexibility index (Phi) is 6.80. The largest absolute Gasteiger partial charge is 0.433 e. The SMILES string of the molecule is C=C/C=C(\C(=C)C#N)C(=O)NCC1(c2ccc(C(F)(F)F)nc2)CCC(F)(F)CC1. The normalized spacial score (nSPS) is 18.2. The molecule has 1 heterocycles. The predicted molar refractivity (Wildman–Crippen MR) is 100 cm³/mol. The van der Waals surface area contributed by atoms with E-state index in [1.165, 1.54) is 18.2 Å². The summed E-state index contributed by atoms with van der Waals surface area (Å²) in [5.41, 5.74) is -1.91. The Morgan fingerprint density at radius 1 is 1.27 bits per heavy atom. The minimum atomic E-state index is -4.62. The van der Waals surface area contributed by atoms with Gasteiger partial charge in [-0.15, -0.1) is 0 Å². The van der Waals surface area contributed by atoms with Crippen LogP contribution in [0.25, 0.3) is 0 Å². The summed E-state index contributed by atoms with van der Waals surface area (Å²) in [6.45, 7) is 6.84. The molecule has 9 heteroatoms. The maximum atomic E-state index is 13.7. The summed E-state index contributed by atoms with van der Waals surface area (Å²) >= 11 is 0. The number of carbonyl (C=O) groups is 1. The third-order valence-electron chi connectivity index (χ3n) is 5.18. The van der Waals surface area contributed by atoms with E-state index in [1.54, 1.807) is 6.07 Å². The number of aromatic nitrogens is 1. The third-order valence-corrected chi connectivity index (χ3v) is 5.18. The number of pyridine rings is 1. The van der Waals surface area contributed by atoms with E-state index in [9.17, 15) is 26.7 Å². The first-order chi connectivity index (χ1) is 13.9. The molecule has 0 aromatic carbocycles. The first-order valence-electron chi connectivity index (χ1n) is 9.06. The molecule has 2 rings (SSSR count). The van der Waals surface area contributed by atoms with Crippen LogP contribution in [0.3, 0.4) is 0 Å². The van der Waals surface area contributed by atoms with Gasteiger partial charge in [-0.05, 0) is 30.5 Å². The zero-order valence-corrected chi connectivity index (χ0v) is 16.0. The fraction of sp³-hybridized carbons (Fsp3) is 0.381. The molecule has 1 N–H and O–H groups in total. The van der Waals surface area contributed by atoms with Crippen molar-refractivity contribution < 1.29 is 26.7 Å². The summed E-state index contributed by atoms with van der Waals surface area (Å²) < 4.78 is 65.9. The topological polar surface area (TPSA) is 65.8 Å². The fourth-order valence-corrected chi connectivity index (χ4v) is 3.37. The molecule has 4 nitrogen and oxygen atoms in total. The van der Waals surface area contributed by atoms with Crippen LogP contribution in [-0.2, 0) is 16.4 Å². The lowest BCUT2D eigenvalue weighted by Gasteiger charge is -2.40.